The van der Waals surface area contributed by atoms with Crippen molar-refractivity contribution in [3.8, 4) is 0 Å². The van der Waals surface area contributed by atoms with Crippen LogP contribution in [0.2, 0.25) is 0 Å². The summed E-state index contributed by atoms with van der Waals surface area (Å²) in [6.07, 6.45) is -3.39. The maximum atomic E-state index is 12.9. The zero-order valence-corrected chi connectivity index (χ0v) is 15.0. The van der Waals surface area contributed by atoms with Crippen LogP contribution >= 0.6 is 0 Å². The number of alkyl halides is 3. The Hall–Kier alpha value is -2.90. The first-order valence-electron chi connectivity index (χ1n) is 8.46. The minimum Gasteiger partial charge on any atom is -0.343 e. The largest absolute Gasteiger partial charge is 0.416 e. The second-order valence-corrected chi connectivity index (χ2v) is 5.77. The first-order valence-corrected chi connectivity index (χ1v) is 8.46. The van der Waals surface area contributed by atoms with Gasteiger partial charge in [0.25, 0.3) is 0 Å². The molecule has 1 amide bonds. The Morgan fingerprint density at radius 3 is 2.44 bits per heavy atom. The number of benzene rings is 1. The Labute approximate surface area is 155 Å². The second-order valence-electron chi connectivity index (χ2n) is 5.77. The summed E-state index contributed by atoms with van der Waals surface area (Å²) in [5, 5.41) is 2.74. The van der Waals surface area contributed by atoms with Crippen molar-refractivity contribution in [2.24, 2.45) is 0 Å². The van der Waals surface area contributed by atoms with Crippen LogP contribution < -0.4 is 5.32 Å². The normalized spacial score (nSPS) is 11.1. The van der Waals surface area contributed by atoms with Gasteiger partial charge in [0.2, 0.25) is 5.91 Å². The van der Waals surface area contributed by atoms with E-state index in [1.165, 1.54) is 35.4 Å². The van der Waals surface area contributed by atoms with Crippen LogP contribution in [0.25, 0.3) is 0 Å². The fourth-order valence-electron chi connectivity index (χ4n) is 2.56. The average molecular weight is 379 g/mol. The van der Waals surface area contributed by atoms with Crippen LogP contribution in [0, 0.1) is 0 Å². The van der Waals surface area contributed by atoms with Crippen LogP contribution in [0.5, 0.6) is 0 Å². The number of carbonyl (C=O) groups excluding carboxylic acids is 2. The first kappa shape index (κ1) is 20.4. The number of nitrogens with zero attached hydrogens (tertiary/aromatic N) is 2. The zero-order valence-electron chi connectivity index (χ0n) is 15.0. The molecular weight excluding hydrogens is 359 g/mol. The van der Waals surface area contributed by atoms with Crippen molar-refractivity contribution in [2.75, 3.05) is 18.4 Å². The highest BCUT2D eigenvalue weighted by molar-refractivity contribution is 6.10. The molecule has 0 saturated heterocycles. The lowest BCUT2D eigenvalue weighted by Crippen LogP contribution is -2.32. The highest BCUT2D eigenvalue weighted by Crippen LogP contribution is 2.31. The third-order valence-corrected chi connectivity index (χ3v) is 3.99. The molecule has 0 aliphatic heterocycles. The number of rotatable bonds is 7. The number of anilines is 2. The molecule has 0 radical (unpaired) electrons. The Morgan fingerprint density at radius 1 is 1.11 bits per heavy atom. The minimum atomic E-state index is -4.48. The Kier molecular flexibility index (Phi) is 6.55. The van der Waals surface area contributed by atoms with Gasteiger partial charge in [-0.2, -0.15) is 13.2 Å². The second kappa shape index (κ2) is 8.66. The number of halogens is 3. The van der Waals surface area contributed by atoms with Crippen LogP contribution in [0.15, 0.2) is 42.6 Å². The summed E-state index contributed by atoms with van der Waals surface area (Å²) in [5.41, 5.74) is -0.518. The van der Waals surface area contributed by atoms with E-state index in [4.69, 9.17) is 0 Å². The van der Waals surface area contributed by atoms with E-state index >= 15 is 0 Å². The average Bonchev–Trinajstić information content (AvgIpc) is 2.62. The molecule has 0 aliphatic carbocycles. The van der Waals surface area contributed by atoms with Crippen LogP contribution in [-0.2, 0) is 11.0 Å². The van der Waals surface area contributed by atoms with Gasteiger partial charge >= 0.3 is 6.18 Å². The van der Waals surface area contributed by atoms with Gasteiger partial charge in [0.1, 0.15) is 5.82 Å². The van der Waals surface area contributed by atoms with E-state index in [9.17, 15) is 22.8 Å². The maximum Gasteiger partial charge on any atom is 0.416 e. The number of amides is 1. The van der Waals surface area contributed by atoms with E-state index in [2.05, 4.69) is 10.3 Å². The van der Waals surface area contributed by atoms with E-state index < -0.39 is 17.5 Å². The van der Waals surface area contributed by atoms with Crippen molar-refractivity contribution in [1.82, 2.24) is 9.88 Å². The molecule has 1 aromatic carbocycles. The van der Waals surface area contributed by atoms with Crippen molar-refractivity contribution >= 4 is 23.2 Å². The van der Waals surface area contributed by atoms with Crippen molar-refractivity contribution in [3.05, 3.63) is 53.7 Å². The fraction of sp³-hybridized carbons (Fsp3) is 0.316. The van der Waals surface area contributed by atoms with Crippen LogP contribution in [-0.4, -0.2) is 34.7 Å². The zero-order chi connectivity index (χ0) is 20.0. The molecule has 1 heterocycles. The highest BCUT2D eigenvalue weighted by atomic mass is 19.4. The number of carbonyl (C=O) groups is 2. The summed E-state index contributed by atoms with van der Waals surface area (Å²) in [5.74, 6) is -0.650. The van der Waals surface area contributed by atoms with Gasteiger partial charge in [-0.1, -0.05) is 6.07 Å². The molecule has 2 rings (SSSR count). The highest BCUT2D eigenvalue weighted by Gasteiger charge is 2.30. The molecule has 27 heavy (non-hydrogen) atoms. The third-order valence-electron chi connectivity index (χ3n) is 3.99. The quantitative estimate of drug-likeness (QED) is 0.576. The predicted octanol–water partition coefficient (Wildman–Crippen LogP) is 4.29. The summed E-state index contributed by atoms with van der Waals surface area (Å²) >= 11 is 0. The molecule has 8 heteroatoms. The summed E-state index contributed by atoms with van der Waals surface area (Å²) in [6.45, 7) is 4.61. The van der Waals surface area contributed by atoms with E-state index in [1.54, 1.807) is 0 Å². The summed E-state index contributed by atoms with van der Waals surface area (Å²) in [6, 6.07) is 7.62. The Balaban J connectivity index is 2.23. The molecule has 5 nitrogen and oxygen atoms in total. The Morgan fingerprint density at radius 2 is 1.81 bits per heavy atom. The van der Waals surface area contributed by atoms with Gasteiger partial charge < -0.3 is 10.2 Å². The van der Waals surface area contributed by atoms with E-state index in [0.29, 0.717) is 13.1 Å². The minimum absolute atomic E-state index is 0.106. The molecule has 144 valence electrons. The number of nitrogens with one attached hydrogen (secondary N) is 1. The van der Waals surface area contributed by atoms with Gasteiger partial charge in [-0.15, -0.1) is 0 Å². The smallest absolute Gasteiger partial charge is 0.343 e. The van der Waals surface area contributed by atoms with Crippen molar-refractivity contribution < 1.29 is 22.8 Å². The standard InChI is InChI=1S/C19H20F3N3O2/c1-3-25(4-2)17(27)12-16(26)15-9-6-10-23-18(15)24-14-8-5-7-13(11-14)19(20,21)22/h5-11H,3-4,12H2,1-2H3,(H,23,24). The van der Waals surface area contributed by atoms with Crippen molar-refractivity contribution in [1.29, 1.82) is 0 Å². The molecular formula is C19H20F3N3O2. The van der Waals surface area contributed by atoms with Crippen LogP contribution in [0.4, 0.5) is 24.7 Å². The summed E-state index contributed by atoms with van der Waals surface area (Å²) in [4.78, 5) is 30.3. The number of hydrogen-bond donors (Lipinski definition) is 1. The SMILES string of the molecule is CCN(CC)C(=O)CC(=O)c1cccnc1Nc1cccc(C(F)(F)F)c1. The van der Waals surface area contributed by atoms with Gasteiger partial charge in [-0.3, -0.25) is 9.59 Å². The van der Waals surface area contributed by atoms with E-state index in [1.807, 2.05) is 13.8 Å². The van der Waals surface area contributed by atoms with Gasteiger partial charge in [-0.05, 0) is 44.2 Å². The lowest BCUT2D eigenvalue weighted by Gasteiger charge is -2.18. The van der Waals surface area contributed by atoms with Gasteiger partial charge in [0.15, 0.2) is 5.78 Å². The summed E-state index contributed by atoms with van der Waals surface area (Å²) in [7, 11) is 0. The van der Waals surface area contributed by atoms with Crippen molar-refractivity contribution in [2.45, 2.75) is 26.4 Å². The summed E-state index contributed by atoms with van der Waals surface area (Å²) < 4.78 is 38.6. The van der Waals surface area contributed by atoms with E-state index in [0.717, 1.165) is 12.1 Å². The topological polar surface area (TPSA) is 62.3 Å². The molecule has 1 N–H and O–H groups in total. The molecule has 2 aromatic rings. The molecule has 0 aliphatic rings. The molecule has 0 fully saturated rings. The van der Waals surface area contributed by atoms with Crippen LogP contribution in [0.1, 0.15) is 36.2 Å². The number of Topliss-reactive ketones (excluding diaryl/α,β-unsaturated/α-hetero) is 1. The number of pyridine rings is 1. The molecule has 0 bridgehead atoms. The van der Waals surface area contributed by atoms with E-state index in [-0.39, 0.29) is 29.4 Å². The Bertz CT molecular complexity index is 818. The molecule has 0 atom stereocenters. The van der Waals surface area contributed by atoms with Gasteiger partial charge in [-0.25, -0.2) is 4.98 Å². The molecule has 0 spiro atoms. The third kappa shape index (κ3) is 5.29. The predicted molar refractivity (Wildman–Crippen MR) is 95.8 cm³/mol. The number of aromatic nitrogens is 1. The molecule has 0 unspecified atom stereocenters. The number of ketones is 1. The van der Waals surface area contributed by atoms with Gasteiger partial charge in [0.05, 0.1) is 17.5 Å². The monoisotopic (exact) mass is 379 g/mol. The maximum absolute atomic E-state index is 12.9. The van der Waals surface area contributed by atoms with Crippen LogP contribution in [0.3, 0.4) is 0 Å². The number of hydrogen-bond acceptors (Lipinski definition) is 4. The van der Waals surface area contributed by atoms with Gasteiger partial charge in [0, 0.05) is 25.0 Å². The fourth-order valence-corrected chi connectivity index (χ4v) is 2.56. The first-order chi connectivity index (χ1) is 12.8. The lowest BCUT2D eigenvalue weighted by molar-refractivity contribution is -0.137. The molecule has 0 saturated carbocycles. The lowest BCUT2D eigenvalue weighted by atomic mass is 10.1. The van der Waals surface area contributed by atoms with Crippen molar-refractivity contribution in [3.63, 3.8) is 0 Å². The molecule has 1 aromatic heterocycles.